The summed E-state index contributed by atoms with van der Waals surface area (Å²) in [6.07, 6.45) is 1.02. The molecule has 0 aromatic heterocycles. The van der Waals surface area contributed by atoms with Gasteiger partial charge in [-0.3, -0.25) is 0 Å². The van der Waals surface area contributed by atoms with E-state index in [9.17, 15) is 4.79 Å². The highest BCUT2D eigenvalue weighted by Gasteiger charge is 2.13. The van der Waals surface area contributed by atoms with E-state index in [1.54, 1.807) is 12.1 Å². The van der Waals surface area contributed by atoms with Gasteiger partial charge in [0.15, 0.2) is 0 Å². The van der Waals surface area contributed by atoms with Crippen molar-refractivity contribution in [3.05, 3.63) is 23.8 Å². The summed E-state index contributed by atoms with van der Waals surface area (Å²) in [4.78, 5) is 10.8. The normalized spacial score (nSPS) is 19.4. The maximum atomic E-state index is 10.8. The fraction of sp³-hybridized carbons (Fsp3) is 0.364. The maximum Gasteiger partial charge on any atom is 0.335 e. The van der Waals surface area contributed by atoms with E-state index in [1.807, 2.05) is 6.07 Å². The highest BCUT2D eigenvalue weighted by atomic mass is 16.4. The van der Waals surface area contributed by atoms with E-state index in [1.165, 1.54) is 0 Å². The summed E-state index contributed by atoms with van der Waals surface area (Å²) in [6.45, 7) is 2.98. The van der Waals surface area contributed by atoms with Crippen LogP contribution in [0.2, 0.25) is 0 Å². The van der Waals surface area contributed by atoms with Gasteiger partial charge < -0.3 is 15.7 Å². The van der Waals surface area contributed by atoms with Crippen LogP contribution in [0.5, 0.6) is 0 Å². The monoisotopic (exact) mass is 206 g/mol. The third kappa shape index (κ3) is 2.03. The number of hydrogen-bond donors (Lipinski definition) is 3. The quantitative estimate of drug-likeness (QED) is 0.657. The van der Waals surface area contributed by atoms with Crippen molar-refractivity contribution in [1.29, 1.82) is 0 Å². The Morgan fingerprint density at radius 3 is 3.00 bits per heavy atom. The van der Waals surface area contributed by atoms with Crippen LogP contribution in [0.15, 0.2) is 18.2 Å². The molecule has 1 aromatic rings. The van der Waals surface area contributed by atoms with Crippen LogP contribution in [-0.2, 0) is 0 Å². The SMILES string of the molecule is CC1CCNc2cc(C(=O)O)ccc2N1. The number of benzene rings is 1. The summed E-state index contributed by atoms with van der Waals surface area (Å²) in [5.41, 5.74) is 2.17. The zero-order valence-electron chi connectivity index (χ0n) is 8.58. The fourth-order valence-corrected chi connectivity index (χ4v) is 1.71. The second-order valence-electron chi connectivity index (χ2n) is 3.83. The molecule has 4 nitrogen and oxygen atoms in total. The minimum absolute atomic E-state index is 0.317. The van der Waals surface area contributed by atoms with E-state index < -0.39 is 5.97 Å². The van der Waals surface area contributed by atoms with Crippen molar-refractivity contribution in [2.75, 3.05) is 17.2 Å². The van der Waals surface area contributed by atoms with Gasteiger partial charge in [-0.1, -0.05) is 0 Å². The molecule has 0 radical (unpaired) electrons. The van der Waals surface area contributed by atoms with Crippen molar-refractivity contribution in [2.24, 2.45) is 0 Å². The molecule has 15 heavy (non-hydrogen) atoms. The van der Waals surface area contributed by atoms with E-state index in [4.69, 9.17) is 5.11 Å². The number of carboxylic acid groups (broad SMARTS) is 1. The number of fused-ring (bicyclic) bond motifs is 1. The average Bonchev–Trinajstić information content (AvgIpc) is 2.37. The molecule has 1 atom stereocenters. The lowest BCUT2D eigenvalue weighted by Crippen LogP contribution is -2.14. The van der Waals surface area contributed by atoms with Crippen molar-refractivity contribution in [1.82, 2.24) is 0 Å². The Hall–Kier alpha value is -1.71. The van der Waals surface area contributed by atoms with E-state index >= 15 is 0 Å². The molecule has 0 amide bonds. The minimum Gasteiger partial charge on any atom is -0.478 e. The van der Waals surface area contributed by atoms with E-state index in [0.717, 1.165) is 24.3 Å². The van der Waals surface area contributed by atoms with Gasteiger partial charge in [-0.25, -0.2) is 4.79 Å². The van der Waals surface area contributed by atoms with Crippen LogP contribution in [0, 0.1) is 0 Å². The Morgan fingerprint density at radius 2 is 2.27 bits per heavy atom. The van der Waals surface area contributed by atoms with Crippen molar-refractivity contribution in [2.45, 2.75) is 19.4 Å². The molecule has 2 rings (SSSR count). The molecule has 80 valence electrons. The Balaban J connectivity index is 2.35. The Kier molecular flexibility index (Phi) is 2.49. The Bertz CT molecular complexity index is 390. The molecule has 3 N–H and O–H groups in total. The maximum absolute atomic E-state index is 10.8. The van der Waals surface area contributed by atoms with Crippen molar-refractivity contribution in [3.8, 4) is 0 Å². The first kappa shape index (κ1) is 9.83. The predicted octanol–water partition coefficient (Wildman–Crippen LogP) is 2.00. The standard InChI is InChI=1S/C11H14N2O2/c1-7-4-5-12-10-6-8(11(14)15)2-3-9(10)13-7/h2-3,6-7,12-13H,4-5H2,1H3,(H,14,15). The summed E-state index contributed by atoms with van der Waals surface area (Å²) in [7, 11) is 0. The van der Waals surface area contributed by atoms with Gasteiger partial charge in [0.2, 0.25) is 0 Å². The van der Waals surface area contributed by atoms with Gasteiger partial charge in [0.05, 0.1) is 16.9 Å². The van der Waals surface area contributed by atoms with E-state index in [2.05, 4.69) is 17.6 Å². The molecular formula is C11H14N2O2. The first-order valence-electron chi connectivity index (χ1n) is 5.04. The third-order valence-electron chi connectivity index (χ3n) is 2.56. The van der Waals surface area contributed by atoms with E-state index in [0.29, 0.717) is 11.6 Å². The number of hydrogen-bond acceptors (Lipinski definition) is 3. The second kappa shape index (κ2) is 3.81. The van der Waals surface area contributed by atoms with Crippen molar-refractivity contribution < 1.29 is 9.90 Å². The molecule has 1 unspecified atom stereocenters. The predicted molar refractivity (Wildman–Crippen MR) is 59.6 cm³/mol. The molecule has 0 bridgehead atoms. The zero-order chi connectivity index (χ0) is 10.8. The molecule has 0 aliphatic carbocycles. The highest BCUT2D eigenvalue weighted by molar-refractivity contribution is 5.90. The van der Waals surface area contributed by atoms with Gasteiger partial charge in [-0.2, -0.15) is 0 Å². The smallest absolute Gasteiger partial charge is 0.335 e. The molecule has 0 saturated carbocycles. The highest BCUT2D eigenvalue weighted by Crippen LogP contribution is 2.26. The van der Waals surface area contributed by atoms with Crippen molar-refractivity contribution >= 4 is 17.3 Å². The summed E-state index contributed by atoms with van der Waals surface area (Å²) in [6, 6.07) is 5.51. The molecule has 0 spiro atoms. The van der Waals surface area contributed by atoms with Crippen LogP contribution in [0.4, 0.5) is 11.4 Å². The van der Waals surface area contributed by atoms with Gasteiger partial charge in [0.25, 0.3) is 0 Å². The molecule has 0 fully saturated rings. The number of anilines is 2. The summed E-state index contributed by atoms with van der Waals surface area (Å²) in [5, 5.41) is 15.4. The summed E-state index contributed by atoms with van der Waals surface area (Å²) < 4.78 is 0. The van der Waals surface area contributed by atoms with Crippen LogP contribution in [-0.4, -0.2) is 23.7 Å². The Labute approximate surface area is 88.3 Å². The number of carbonyl (C=O) groups is 1. The van der Waals surface area contributed by atoms with Gasteiger partial charge in [-0.05, 0) is 31.5 Å². The van der Waals surface area contributed by atoms with Crippen molar-refractivity contribution in [3.63, 3.8) is 0 Å². The van der Waals surface area contributed by atoms with Crippen LogP contribution in [0.1, 0.15) is 23.7 Å². The summed E-state index contributed by atoms with van der Waals surface area (Å²) in [5.74, 6) is -0.892. The van der Waals surface area contributed by atoms with Crippen LogP contribution >= 0.6 is 0 Å². The van der Waals surface area contributed by atoms with Gasteiger partial charge >= 0.3 is 5.97 Å². The van der Waals surface area contributed by atoms with Crippen LogP contribution in [0.25, 0.3) is 0 Å². The van der Waals surface area contributed by atoms with Gasteiger partial charge in [-0.15, -0.1) is 0 Å². The van der Waals surface area contributed by atoms with Gasteiger partial charge in [0.1, 0.15) is 0 Å². The zero-order valence-corrected chi connectivity index (χ0v) is 8.58. The molecule has 1 aromatic carbocycles. The average molecular weight is 206 g/mol. The fourth-order valence-electron chi connectivity index (χ4n) is 1.71. The molecule has 1 heterocycles. The number of rotatable bonds is 1. The van der Waals surface area contributed by atoms with Gasteiger partial charge in [0, 0.05) is 12.6 Å². The molecule has 4 heteroatoms. The number of carboxylic acids is 1. The molecule has 0 saturated heterocycles. The lowest BCUT2D eigenvalue weighted by molar-refractivity contribution is 0.0697. The Morgan fingerprint density at radius 1 is 1.47 bits per heavy atom. The van der Waals surface area contributed by atoms with Crippen LogP contribution < -0.4 is 10.6 Å². The molecule has 1 aliphatic heterocycles. The third-order valence-corrected chi connectivity index (χ3v) is 2.56. The second-order valence-corrected chi connectivity index (χ2v) is 3.83. The lowest BCUT2D eigenvalue weighted by Gasteiger charge is -2.12. The first-order valence-corrected chi connectivity index (χ1v) is 5.04. The molecular weight excluding hydrogens is 192 g/mol. The van der Waals surface area contributed by atoms with E-state index in [-0.39, 0.29) is 0 Å². The van der Waals surface area contributed by atoms with Crippen LogP contribution in [0.3, 0.4) is 0 Å². The number of nitrogens with one attached hydrogen (secondary N) is 2. The largest absolute Gasteiger partial charge is 0.478 e. The first-order chi connectivity index (χ1) is 7.16. The topological polar surface area (TPSA) is 61.4 Å². The minimum atomic E-state index is -0.892. The summed E-state index contributed by atoms with van der Waals surface area (Å²) >= 11 is 0. The lowest BCUT2D eigenvalue weighted by atomic mass is 10.1. The number of aromatic carboxylic acids is 1. The molecule has 1 aliphatic rings.